The van der Waals surface area contributed by atoms with Gasteiger partial charge in [-0.15, -0.1) is 0 Å². The molecule has 5 nitrogen and oxygen atoms in total. The fourth-order valence-corrected chi connectivity index (χ4v) is 2.72. The van der Waals surface area contributed by atoms with Crippen LogP contribution in [0, 0.1) is 0 Å². The van der Waals surface area contributed by atoms with Gasteiger partial charge in [-0.3, -0.25) is 4.79 Å². The number of ether oxygens (including phenoxy) is 2. The molecule has 0 aliphatic heterocycles. The normalized spacial score (nSPS) is 22.3. The van der Waals surface area contributed by atoms with Crippen molar-refractivity contribution in [1.29, 1.82) is 0 Å². The zero-order valence-electron chi connectivity index (χ0n) is 13.1. The minimum atomic E-state index is -0.457. The number of benzene rings is 1. The maximum atomic E-state index is 12.0. The van der Waals surface area contributed by atoms with E-state index in [0.717, 1.165) is 32.1 Å². The van der Waals surface area contributed by atoms with Crippen molar-refractivity contribution in [3.8, 4) is 11.5 Å². The van der Waals surface area contributed by atoms with Gasteiger partial charge < -0.3 is 19.9 Å². The number of nitrogens with one attached hydrogen (secondary N) is 1. The van der Waals surface area contributed by atoms with E-state index in [1.807, 2.05) is 12.1 Å². The van der Waals surface area contributed by atoms with Crippen LogP contribution in [0.2, 0.25) is 0 Å². The van der Waals surface area contributed by atoms with E-state index in [0.29, 0.717) is 11.5 Å². The minimum absolute atomic E-state index is 0.0591. The summed E-state index contributed by atoms with van der Waals surface area (Å²) in [5, 5.41) is 13.0. The standard InChI is InChI=1S/C17H25NO4/c1-21-13-7-6-8-14(11-13)22-12-17(20)18-15-9-4-2-3-5-10-16(15)19/h6-8,11,15-16,19H,2-5,9-10,12H2,1H3,(H,18,20)/t15-,16-/m0/s1. The predicted molar refractivity (Wildman–Crippen MR) is 84.1 cm³/mol. The molecule has 0 saturated heterocycles. The molecule has 2 atom stereocenters. The molecule has 0 aromatic heterocycles. The number of rotatable bonds is 5. The van der Waals surface area contributed by atoms with Crippen molar-refractivity contribution in [2.24, 2.45) is 0 Å². The van der Waals surface area contributed by atoms with E-state index in [1.54, 1.807) is 19.2 Å². The summed E-state index contributed by atoms with van der Waals surface area (Å²) in [5.74, 6) is 1.08. The Morgan fingerprint density at radius 2 is 1.95 bits per heavy atom. The van der Waals surface area contributed by atoms with E-state index in [-0.39, 0.29) is 18.6 Å². The summed E-state index contributed by atoms with van der Waals surface area (Å²) < 4.78 is 10.6. The Labute approximate surface area is 131 Å². The highest BCUT2D eigenvalue weighted by atomic mass is 16.5. The molecular formula is C17H25NO4. The molecule has 1 fully saturated rings. The fraction of sp³-hybridized carbons (Fsp3) is 0.588. The molecule has 22 heavy (non-hydrogen) atoms. The molecule has 2 N–H and O–H groups in total. The first kappa shape index (κ1) is 16.6. The third-order valence-corrected chi connectivity index (χ3v) is 3.99. The number of hydrogen-bond acceptors (Lipinski definition) is 4. The van der Waals surface area contributed by atoms with Crippen LogP contribution < -0.4 is 14.8 Å². The van der Waals surface area contributed by atoms with E-state index in [4.69, 9.17) is 9.47 Å². The van der Waals surface area contributed by atoms with Crippen molar-refractivity contribution < 1.29 is 19.4 Å². The van der Waals surface area contributed by atoms with Crippen LogP contribution in [-0.2, 0) is 4.79 Å². The van der Waals surface area contributed by atoms with Gasteiger partial charge in [-0.25, -0.2) is 0 Å². The largest absolute Gasteiger partial charge is 0.497 e. The van der Waals surface area contributed by atoms with Crippen LogP contribution in [0.25, 0.3) is 0 Å². The first-order valence-corrected chi connectivity index (χ1v) is 7.93. The Bertz CT molecular complexity index is 477. The zero-order chi connectivity index (χ0) is 15.8. The van der Waals surface area contributed by atoms with Gasteiger partial charge in [0.1, 0.15) is 11.5 Å². The first-order valence-electron chi connectivity index (χ1n) is 7.93. The smallest absolute Gasteiger partial charge is 0.258 e. The van der Waals surface area contributed by atoms with Crippen LogP contribution in [0.15, 0.2) is 24.3 Å². The number of hydrogen-bond donors (Lipinski definition) is 2. The zero-order valence-corrected chi connectivity index (χ0v) is 13.1. The van der Waals surface area contributed by atoms with Crippen LogP contribution in [0.4, 0.5) is 0 Å². The van der Waals surface area contributed by atoms with Crippen molar-refractivity contribution in [1.82, 2.24) is 5.32 Å². The average Bonchev–Trinajstić information content (AvgIpc) is 2.53. The Morgan fingerprint density at radius 3 is 2.73 bits per heavy atom. The van der Waals surface area contributed by atoms with Crippen LogP contribution in [0.5, 0.6) is 11.5 Å². The summed E-state index contributed by atoms with van der Waals surface area (Å²) in [6.07, 6.45) is 5.51. The number of aliphatic hydroxyl groups is 1. The van der Waals surface area contributed by atoms with Crippen molar-refractivity contribution in [2.45, 2.75) is 50.7 Å². The molecule has 1 aliphatic carbocycles. The van der Waals surface area contributed by atoms with E-state index in [1.165, 1.54) is 6.42 Å². The number of methoxy groups -OCH3 is 1. The van der Waals surface area contributed by atoms with E-state index < -0.39 is 6.10 Å². The summed E-state index contributed by atoms with van der Waals surface area (Å²) >= 11 is 0. The van der Waals surface area contributed by atoms with Gasteiger partial charge in [0.15, 0.2) is 6.61 Å². The maximum Gasteiger partial charge on any atom is 0.258 e. The Kier molecular flexibility index (Phi) is 6.52. The van der Waals surface area contributed by atoms with Gasteiger partial charge in [-0.2, -0.15) is 0 Å². The molecule has 0 heterocycles. The topological polar surface area (TPSA) is 67.8 Å². The molecule has 1 saturated carbocycles. The fourth-order valence-electron chi connectivity index (χ4n) is 2.72. The lowest BCUT2D eigenvalue weighted by atomic mass is 9.94. The molecule has 0 radical (unpaired) electrons. The van der Waals surface area contributed by atoms with Gasteiger partial charge in [0.25, 0.3) is 5.91 Å². The summed E-state index contributed by atoms with van der Waals surface area (Å²) in [5.41, 5.74) is 0. The van der Waals surface area contributed by atoms with Crippen molar-refractivity contribution >= 4 is 5.91 Å². The van der Waals surface area contributed by atoms with Gasteiger partial charge in [-0.1, -0.05) is 31.7 Å². The lowest BCUT2D eigenvalue weighted by Gasteiger charge is -2.26. The van der Waals surface area contributed by atoms with E-state index >= 15 is 0 Å². The second-order valence-electron chi connectivity index (χ2n) is 5.70. The van der Waals surface area contributed by atoms with Crippen molar-refractivity contribution in [3.63, 3.8) is 0 Å². The molecule has 1 amide bonds. The molecular weight excluding hydrogens is 282 g/mol. The van der Waals surface area contributed by atoms with Crippen LogP contribution in [-0.4, -0.2) is 36.9 Å². The van der Waals surface area contributed by atoms with E-state index in [2.05, 4.69) is 5.32 Å². The molecule has 1 aromatic carbocycles. The first-order chi connectivity index (χ1) is 10.7. The molecule has 2 rings (SSSR count). The summed E-state index contributed by atoms with van der Waals surface area (Å²) in [7, 11) is 1.59. The summed E-state index contributed by atoms with van der Waals surface area (Å²) in [6.45, 7) is -0.0591. The number of amides is 1. The third-order valence-electron chi connectivity index (χ3n) is 3.99. The lowest BCUT2D eigenvalue weighted by molar-refractivity contribution is -0.124. The Morgan fingerprint density at radius 1 is 1.23 bits per heavy atom. The monoisotopic (exact) mass is 307 g/mol. The molecule has 0 spiro atoms. The van der Waals surface area contributed by atoms with Gasteiger partial charge in [-0.05, 0) is 25.0 Å². The van der Waals surface area contributed by atoms with E-state index in [9.17, 15) is 9.90 Å². The molecule has 122 valence electrons. The third kappa shape index (κ3) is 5.22. The molecule has 0 bridgehead atoms. The van der Waals surface area contributed by atoms with Crippen LogP contribution >= 0.6 is 0 Å². The second-order valence-corrected chi connectivity index (χ2v) is 5.70. The highest BCUT2D eigenvalue weighted by Crippen LogP contribution is 2.19. The van der Waals surface area contributed by atoms with Crippen molar-refractivity contribution in [3.05, 3.63) is 24.3 Å². The number of carbonyl (C=O) groups excluding carboxylic acids is 1. The summed E-state index contributed by atoms with van der Waals surface area (Å²) in [4.78, 5) is 12.0. The molecule has 1 aliphatic rings. The summed E-state index contributed by atoms with van der Waals surface area (Å²) in [6, 6.07) is 6.97. The van der Waals surface area contributed by atoms with Crippen molar-refractivity contribution in [2.75, 3.05) is 13.7 Å². The Balaban J connectivity index is 1.81. The Hall–Kier alpha value is -1.75. The lowest BCUT2D eigenvalue weighted by Crippen LogP contribution is -2.45. The number of aliphatic hydroxyl groups excluding tert-OH is 1. The van der Waals surface area contributed by atoms with Crippen LogP contribution in [0.3, 0.4) is 0 Å². The predicted octanol–water partition coefficient (Wildman–Crippen LogP) is 2.27. The SMILES string of the molecule is COc1cccc(OCC(=O)N[C@H]2CCCCCC[C@@H]2O)c1. The molecule has 5 heteroatoms. The quantitative estimate of drug-likeness (QED) is 0.875. The highest BCUT2D eigenvalue weighted by molar-refractivity contribution is 5.77. The van der Waals surface area contributed by atoms with Crippen LogP contribution in [0.1, 0.15) is 38.5 Å². The average molecular weight is 307 g/mol. The molecule has 1 aromatic rings. The van der Waals surface area contributed by atoms with Gasteiger partial charge >= 0.3 is 0 Å². The second kappa shape index (κ2) is 8.63. The minimum Gasteiger partial charge on any atom is -0.497 e. The highest BCUT2D eigenvalue weighted by Gasteiger charge is 2.22. The maximum absolute atomic E-state index is 12.0. The van der Waals surface area contributed by atoms with Gasteiger partial charge in [0.2, 0.25) is 0 Å². The number of carbonyl (C=O) groups is 1. The molecule has 0 unspecified atom stereocenters. The van der Waals surface area contributed by atoms with Gasteiger partial charge in [0, 0.05) is 6.07 Å². The van der Waals surface area contributed by atoms with Gasteiger partial charge in [0.05, 0.1) is 19.3 Å².